The van der Waals surface area contributed by atoms with Gasteiger partial charge < -0.3 is 14.4 Å². The van der Waals surface area contributed by atoms with E-state index < -0.39 is 23.8 Å². The smallest absolute Gasteiger partial charge is 0.414 e. The highest BCUT2D eigenvalue weighted by molar-refractivity contribution is 6.29. The summed E-state index contributed by atoms with van der Waals surface area (Å²) in [6, 6.07) is 3.63. The second-order valence-electron chi connectivity index (χ2n) is 8.56. The van der Waals surface area contributed by atoms with E-state index in [9.17, 15) is 14.4 Å². The van der Waals surface area contributed by atoms with Gasteiger partial charge in [0.05, 0.1) is 30.7 Å². The third-order valence-electron chi connectivity index (χ3n) is 6.23. The van der Waals surface area contributed by atoms with Crippen LogP contribution in [0, 0.1) is 11.6 Å². The number of rotatable bonds is 5. The van der Waals surface area contributed by atoms with Crippen LogP contribution in [0.25, 0.3) is 11.0 Å². The number of Topliss-reactive ketones (excluding diaryl/α,β-unsaturated/α-hetero) is 1. The van der Waals surface area contributed by atoms with Crippen LogP contribution in [0.4, 0.5) is 25.0 Å². The van der Waals surface area contributed by atoms with E-state index in [1.807, 2.05) is 0 Å². The van der Waals surface area contributed by atoms with Crippen LogP contribution in [-0.4, -0.2) is 57.2 Å². The van der Waals surface area contributed by atoms with Crippen LogP contribution in [0.5, 0.6) is 0 Å². The lowest BCUT2D eigenvalue weighted by Crippen LogP contribution is -2.30. The number of aromatic nitrogens is 4. The SMILES string of the molecule is CC(=O)CC[C@H]1CN(c2cc(F)c(N3CCn4c(=O)c5cc(Cl)nnc5n4CC3)c(F)c2)C(=O)O1. The summed E-state index contributed by atoms with van der Waals surface area (Å²) in [5.41, 5.74) is -0.160. The number of benzene rings is 1. The first-order valence-corrected chi connectivity index (χ1v) is 11.4. The molecule has 1 atom stereocenters. The van der Waals surface area contributed by atoms with Gasteiger partial charge in [-0.1, -0.05) is 11.6 Å². The zero-order chi connectivity index (χ0) is 24.9. The summed E-state index contributed by atoms with van der Waals surface area (Å²) in [7, 11) is 0. The first kappa shape index (κ1) is 23.2. The fourth-order valence-electron chi connectivity index (χ4n) is 4.54. The molecule has 2 aliphatic rings. The van der Waals surface area contributed by atoms with Crippen LogP contribution >= 0.6 is 11.6 Å². The molecule has 1 saturated heterocycles. The first-order valence-electron chi connectivity index (χ1n) is 11.1. The second kappa shape index (κ2) is 8.91. The average molecular weight is 507 g/mol. The molecule has 0 unspecified atom stereocenters. The summed E-state index contributed by atoms with van der Waals surface area (Å²) >= 11 is 5.86. The van der Waals surface area contributed by atoms with E-state index in [1.165, 1.54) is 22.6 Å². The van der Waals surface area contributed by atoms with Crippen LogP contribution in [0.15, 0.2) is 23.0 Å². The number of carbonyl (C=O) groups excluding carboxylic acids is 2. The molecule has 0 spiro atoms. The molecular formula is C22H21ClF2N6O4. The topological polar surface area (TPSA) is 103 Å². The van der Waals surface area contributed by atoms with Crippen LogP contribution in [0.3, 0.4) is 0 Å². The lowest BCUT2D eigenvalue weighted by molar-refractivity contribution is -0.117. The molecule has 0 saturated carbocycles. The number of anilines is 2. The highest BCUT2D eigenvalue weighted by atomic mass is 35.5. The molecule has 13 heteroatoms. The van der Waals surface area contributed by atoms with Gasteiger partial charge in [0, 0.05) is 31.6 Å². The summed E-state index contributed by atoms with van der Waals surface area (Å²) in [6.45, 7) is 2.34. The number of cyclic esters (lactones) is 1. The molecule has 0 radical (unpaired) electrons. The largest absolute Gasteiger partial charge is 0.444 e. The van der Waals surface area contributed by atoms with Crippen molar-refractivity contribution >= 4 is 45.9 Å². The van der Waals surface area contributed by atoms with Gasteiger partial charge in [0.25, 0.3) is 5.56 Å². The van der Waals surface area contributed by atoms with Gasteiger partial charge in [0.2, 0.25) is 0 Å². The fraction of sp³-hybridized carbons (Fsp3) is 0.409. The Morgan fingerprint density at radius 3 is 2.46 bits per heavy atom. The van der Waals surface area contributed by atoms with Gasteiger partial charge in [-0.15, -0.1) is 10.2 Å². The zero-order valence-electron chi connectivity index (χ0n) is 18.7. The molecule has 2 aromatic heterocycles. The number of carbonyl (C=O) groups is 2. The fourth-order valence-corrected chi connectivity index (χ4v) is 4.69. The average Bonchev–Trinajstić information content (AvgIpc) is 3.20. The van der Waals surface area contributed by atoms with Crippen LogP contribution in [0.1, 0.15) is 19.8 Å². The van der Waals surface area contributed by atoms with Crippen molar-refractivity contribution in [2.24, 2.45) is 0 Å². The standard InChI is InChI=1S/C22H21ClF2N6O4/c1-12(32)2-3-14-11-29(22(34)35-14)13-8-16(24)19(17(25)9-13)28-4-6-30-20-15(10-18(23)26-27-20)21(33)31(30)7-5-28/h8-10,14H,2-7,11H2,1H3/t14-/m0/s1. The molecule has 4 heterocycles. The number of hydrogen-bond donors (Lipinski definition) is 0. The highest BCUT2D eigenvalue weighted by Crippen LogP contribution is 2.32. The van der Waals surface area contributed by atoms with Crippen molar-refractivity contribution < 1.29 is 23.1 Å². The van der Waals surface area contributed by atoms with E-state index in [1.54, 1.807) is 4.68 Å². The van der Waals surface area contributed by atoms with E-state index in [4.69, 9.17) is 16.3 Å². The minimum Gasteiger partial charge on any atom is -0.444 e. The van der Waals surface area contributed by atoms with Gasteiger partial charge in [0.15, 0.2) is 22.4 Å². The van der Waals surface area contributed by atoms with E-state index >= 15 is 8.78 Å². The summed E-state index contributed by atoms with van der Waals surface area (Å²) in [4.78, 5) is 38.9. The molecule has 0 N–H and O–H groups in total. The molecule has 5 rings (SSSR count). The van der Waals surface area contributed by atoms with Crippen LogP contribution in [0.2, 0.25) is 5.15 Å². The number of amides is 1. The molecule has 10 nitrogen and oxygen atoms in total. The Balaban J connectivity index is 1.37. The minimum absolute atomic E-state index is 0.0313. The molecule has 2 aliphatic heterocycles. The van der Waals surface area contributed by atoms with Crippen molar-refractivity contribution in [1.82, 2.24) is 19.6 Å². The Morgan fingerprint density at radius 1 is 1.09 bits per heavy atom. The third-order valence-corrected chi connectivity index (χ3v) is 6.42. The Bertz CT molecular complexity index is 1380. The van der Waals surface area contributed by atoms with Gasteiger partial charge in [-0.3, -0.25) is 14.4 Å². The Morgan fingerprint density at radius 2 is 1.77 bits per heavy atom. The monoisotopic (exact) mass is 506 g/mol. The molecule has 3 aromatic rings. The van der Waals surface area contributed by atoms with E-state index in [0.29, 0.717) is 17.5 Å². The second-order valence-corrected chi connectivity index (χ2v) is 8.95. The van der Waals surface area contributed by atoms with Gasteiger partial charge >= 0.3 is 6.09 Å². The van der Waals surface area contributed by atoms with Crippen molar-refractivity contribution in [2.45, 2.75) is 39.0 Å². The zero-order valence-corrected chi connectivity index (χ0v) is 19.5. The summed E-state index contributed by atoms with van der Waals surface area (Å²) in [5.74, 6) is -1.71. The minimum atomic E-state index is -0.838. The molecular weight excluding hydrogens is 486 g/mol. The summed E-state index contributed by atoms with van der Waals surface area (Å²) in [5, 5.41) is 8.24. The molecule has 1 amide bonds. The highest BCUT2D eigenvalue weighted by Gasteiger charge is 2.34. The molecule has 35 heavy (non-hydrogen) atoms. The van der Waals surface area contributed by atoms with Gasteiger partial charge in [-0.25, -0.2) is 18.3 Å². The number of halogens is 3. The van der Waals surface area contributed by atoms with E-state index in [0.717, 1.165) is 17.0 Å². The molecule has 1 aromatic carbocycles. The molecule has 0 bridgehead atoms. The Kier molecular flexibility index (Phi) is 5.91. The number of fused-ring (bicyclic) bond motifs is 3. The van der Waals surface area contributed by atoms with Crippen molar-refractivity contribution in [3.8, 4) is 0 Å². The molecule has 0 aliphatic carbocycles. The maximum atomic E-state index is 15.2. The predicted octanol–water partition coefficient (Wildman–Crippen LogP) is 2.74. The molecule has 1 fully saturated rings. The van der Waals surface area contributed by atoms with Crippen molar-refractivity contribution in [3.63, 3.8) is 0 Å². The maximum Gasteiger partial charge on any atom is 0.414 e. The lowest BCUT2D eigenvalue weighted by atomic mass is 10.1. The lowest BCUT2D eigenvalue weighted by Gasteiger charge is -2.24. The van der Waals surface area contributed by atoms with Crippen molar-refractivity contribution in [2.75, 3.05) is 29.4 Å². The van der Waals surface area contributed by atoms with Gasteiger partial charge in [-0.2, -0.15) is 0 Å². The number of ketones is 1. The molecule has 184 valence electrons. The van der Waals surface area contributed by atoms with Gasteiger partial charge in [-0.05, 0) is 19.4 Å². The van der Waals surface area contributed by atoms with Crippen molar-refractivity contribution in [1.29, 1.82) is 0 Å². The van der Waals surface area contributed by atoms with Crippen molar-refractivity contribution in [3.05, 3.63) is 45.3 Å². The summed E-state index contributed by atoms with van der Waals surface area (Å²) < 4.78 is 38.7. The first-order chi connectivity index (χ1) is 16.7. The quantitative estimate of drug-likeness (QED) is 0.524. The van der Waals surface area contributed by atoms with Gasteiger partial charge in [0.1, 0.15) is 17.6 Å². The number of nitrogens with zero attached hydrogens (tertiary/aromatic N) is 6. The van der Waals surface area contributed by atoms with E-state index in [2.05, 4.69) is 10.2 Å². The predicted molar refractivity (Wildman–Crippen MR) is 123 cm³/mol. The van der Waals surface area contributed by atoms with Crippen LogP contribution in [-0.2, 0) is 22.6 Å². The normalized spacial score (nSPS) is 18.1. The Hall–Kier alpha value is -3.54. The number of ether oxygens (including phenoxy) is 1. The number of hydrogen-bond acceptors (Lipinski definition) is 7. The summed E-state index contributed by atoms with van der Waals surface area (Å²) in [6.07, 6.45) is -0.641. The maximum absolute atomic E-state index is 15.2. The van der Waals surface area contributed by atoms with E-state index in [-0.39, 0.29) is 67.0 Å². The Labute approximate surface area is 202 Å². The van der Waals surface area contributed by atoms with Crippen LogP contribution < -0.4 is 15.4 Å². The third kappa shape index (κ3) is 4.22.